The number of ether oxygens (including phenoxy) is 2. The minimum Gasteiger partial charge on any atom is -0.481 e. The highest BCUT2D eigenvalue weighted by Gasteiger charge is 2.15. The van der Waals surface area contributed by atoms with E-state index in [0.29, 0.717) is 22.1 Å². The maximum Gasteiger partial charge on any atom is 0.307 e. The molecule has 0 fully saturated rings. The first-order valence-corrected chi connectivity index (χ1v) is 5.02. The van der Waals surface area contributed by atoms with Gasteiger partial charge in [-0.3, -0.25) is 4.79 Å². The third-order valence-electron chi connectivity index (χ3n) is 2.08. The van der Waals surface area contributed by atoms with Crippen LogP contribution in [-0.2, 0) is 4.79 Å². The predicted molar refractivity (Wildman–Crippen MR) is 58.9 cm³/mol. The van der Waals surface area contributed by atoms with Gasteiger partial charge in [0.2, 0.25) is 6.79 Å². The zero-order valence-electron chi connectivity index (χ0n) is 8.27. The Morgan fingerprint density at radius 3 is 2.81 bits per heavy atom. The second-order valence-corrected chi connectivity index (χ2v) is 3.63. The summed E-state index contributed by atoms with van der Waals surface area (Å²) in [6.45, 7) is 0.188. The first kappa shape index (κ1) is 10.8. The number of aliphatic carboxylic acids is 1. The molecule has 16 heavy (non-hydrogen) atoms. The summed E-state index contributed by atoms with van der Waals surface area (Å²) in [5, 5.41) is 8.99. The Balaban J connectivity index is 2.21. The lowest BCUT2D eigenvalue weighted by atomic mass is 10.1. The van der Waals surface area contributed by atoms with Gasteiger partial charge < -0.3 is 14.6 Å². The molecule has 5 heteroatoms. The number of carboxylic acids is 1. The van der Waals surface area contributed by atoms with Gasteiger partial charge in [-0.05, 0) is 11.6 Å². The number of hydrogen-bond acceptors (Lipinski definition) is 3. The van der Waals surface area contributed by atoms with Crippen LogP contribution in [-0.4, -0.2) is 17.9 Å². The van der Waals surface area contributed by atoms with Crippen molar-refractivity contribution in [1.82, 2.24) is 0 Å². The van der Waals surface area contributed by atoms with E-state index < -0.39 is 5.97 Å². The molecule has 2 rings (SSSR count). The van der Waals surface area contributed by atoms with Gasteiger partial charge in [0, 0.05) is 6.07 Å². The average Bonchev–Trinajstić information content (AvgIpc) is 2.64. The van der Waals surface area contributed by atoms with Crippen LogP contribution in [0.5, 0.6) is 11.5 Å². The smallest absolute Gasteiger partial charge is 0.307 e. The molecular formula is C11H9ClO4. The van der Waals surface area contributed by atoms with E-state index in [2.05, 4.69) is 0 Å². The lowest BCUT2D eigenvalue weighted by Crippen LogP contribution is -1.92. The quantitative estimate of drug-likeness (QED) is 0.882. The Morgan fingerprint density at radius 1 is 1.44 bits per heavy atom. The molecule has 0 aromatic heterocycles. The zero-order valence-corrected chi connectivity index (χ0v) is 9.03. The van der Waals surface area contributed by atoms with Crippen molar-refractivity contribution in [3.63, 3.8) is 0 Å². The molecule has 0 amide bonds. The number of fused-ring (bicyclic) bond motifs is 1. The van der Waals surface area contributed by atoms with Crippen molar-refractivity contribution >= 4 is 23.6 Å². The largest absolute Gasteiger partial charge is 0.481 e. The van der Waals surface area contributed by atoms with Crippen LogP contribution in [0.3, 0.4) is 0 Å². The summed E-state index contributed by atoms with van der Waals surface area (Å²) in [6.07, 6.45) is 3.15. The standard InChI is InChI=1S/C11H9ClO4/c12-8-5-10-9(15-6-16-10)4-7(8)2-1-3-11(13)14/h1-2,4-5H,3,6H2,(H,13,14). The summed E-state index contributed by atoms with van der Waals surface area (Å²) in [5.41, 5.74) is 0.715. The van der Waals surface area contributed by atoms with Gasteiger partial charge in [0.1, 0.15) is 0 Å². The lowest BCUT2D eigenvalue weighted by molar-refractivity contribution is -0.135. The van der Waals surface area contributed by atoms with Gasteiger partial charge in [0.15, 0.2) is 11.5 Å². The molecule has 1 aromatic rings. The third-order valence-corrected chi connectivity index (χ3v) is 2.41. The van der Waals surface area contributed by atoms with E-state index in [1.807, 2.05) is 0 Å². The zero-order chi connectivity index (χ0) is 11.5. The molecule has 4 nitrogen and oxygen atoms in total. The third kappa shape index (κ3) is 2.28. The molecule has 0 bridgehead atoms. The summed E-state index contributed by atoms with van der Waals surface area (Å²) < 4.78 is 10.3. The van der Waals surface area contributed by atoms with E-state index in [9.17, 15) is 4.79 Å². The summed E-state index contributed by atoms with van der Waals surface area (Å²) in [7, 11) is 0. The van der Waals surface area contributed by atoms with E-state index in [1.54, 1.807) is 18.2 Å². The van der Waals surface area contributed by atoms with E-state index in [-0.39, 0.29) is 13.2 Å². The van der Waals surface area contributed by atoms with Gasteiger partial charge in [-0.1, -0.05) is 23.8 Å². The Bertz CT molecular complexity index is 454. The van der Waals surface area contributed by atoms with Gasteiger partial charge in [-0.2, -0.15) is 0 Å². The van der Waals surface area contributed by atoms with E-state index in [0.717, 1.165) is 0 Å². The Morgan fingerprint density at radius 2 is 2.12 bits per heavy atom. The molecule has 1 N–H and O–H groups in total. The molecule has 0 unspecified atom stereocenters. The Kier molecular flexibility index (Phi) is 3.01. The molecule has 0 spiro atoms. The van der Waals surface area contributed by atoms with Crippen molar-refractivity contribution in [1.29, 1.82) is 0 Å². The van der Waals surface area contributed by atoms with Crippen LogP contribution in [0.15, 0.2) is 18.2 Å². The Hall–Kier alpha value is -1.68. The molecule has 0 radical (unpaired) electrons. The highest BCUT2D eigenvalue weighted by Crippen LogP contribution is 2.37. The van der Waals surface area contributed by atoms with E-state index in [1.165, 1.54) is 6.08 Å². The topological polar surface area (TPSA) is 55.8 Å². The van der Waals surface area contributed by atoms with Crippen LogP contribution in [0.1, 0.15) is 12.0 Å². The predicted octanol–water partition coefficient (Wildman–Crippen LogP) is 2.56. The fraction of sp³-hybridized carbons (Fsp3) is 0.182. The molecule has 0 atom stereocenters. The fourth-order valence-electron chi connectivity index (χ4n) is 1.35. The molecule has 1 aromatic carbocycles. The van der Waals surface area contributed by atoms with Crippen molar-refractivity contribution in [3.05, 3.63) is 28.8 Å². The van der Waals surface area contributed by atoms with Gasteiger partial charge in [-0.15, -0.1) is 0 Å². The van der Waals surface area contributed by atoms with Gasteiger partial charge >= 0.3 is 5.97 Å². The number of rotatable bonds is 3. The van der Waals surface area contributed by atoms with E-state index >= 15 is 0 Å². The first-order chi connectivity index (χ1) is 7.66. The van der Waals surface area contributed by atoms with Gasteiger partial charge in [0.25, 0.3) is 0 Å². The normalized spacial score (nSPS) is 13.3. The van der Waals surface area contributed by atoms with Gasteiger partial charge in [0.05, 0.1) is 11.4 Å². The molecule has 1 aliphatic heterocycles. The van der Waals surface area contributed by atoms with Crippen molar-refractivity contribution in [2.45, 2.75) is 6.42 Å². The van der Waals surface area contributed by atoms with Crippen LogP contribution >= 0.6 is 11.6 Å². The second kappa shape index (κ2) is 4.45. The summed E-state index contributed by atoms with van der Waals surface area (Å²) in [5.74, 6) is 0.355. The molecular weight excluding hydrogens is 232 g/mol. The number of carbonyl (C=O) groups is 1. The molecule has 0 saturated carbocycles. The summed E-state index contributed by atoms with van der Waals surface area (Å²) in [4.78, 5) is 10.3. The van der Waals surface area contributed by atoms with Crippen molar-refractivity contribution < 1.29 is 19.4 Å². The van der Waals surface area contributed by atoms with E-state index in [4.69, 9.17) is 26.2 Å². The fourth-order valence-corrected chi connectivity index (χ4v) is 1.56. The van der Waals surface area contributed by atoms with Crippen LogP contribution < -0.4 is 9.47 Å². The SMILES string of the molecule is O=C(O)CC=Cc1cc2c(cc1Cl)OCO2. The average molecular weight is 241 g/mol. The number of carboxylic acid groups (broad SMARTS) is 1. The first-order valence-electron chi connectivity index (χ1n) is 4.64. The summed E-state index contributed by atoms with van der Waals surface area (Å²) in [6, 6.07) is 3.38. The monoisotopic (exact) mass is 240 g/mol. The van der Waals surface area contributed by atoms with Crippen molar-refractivity contribution in [2.24, 2.45) is 0 Å². The molecule has 1 heterocycles. The second-order valence-electron chi connectivity index (χ2n) is 3.23. The molecule has 0 aliphatic carbocycles. The molecule has 1 aliphatic rings. The number of benzene rings is 1. The Labute approximate surface area is 97.0 Å². The van der Waals surface area contributed by atoms with Gasteiger partial charge in [-0.25, -0.2) is 0 Å². The molecule has 84 valence electrons. The number of hydrogen-bond donors (Lipinski definition) is 1. The molecule has 0 saturated heterocycles. The summed E-state index contributed by atoms with van der Waals surface area (Å²) >= 11 is 5.99. The maximum absolute atomic E-state index is 10.3. The maximum atomic E-state index is 10.3. The number of halogens is 1. The lowest BCUT2D eigenvalue weighted by Gasteiger charge is -2.01. The van der Waals surface area contributed by atoms with Crippen LogP contribution in [0.2, 0.25) is 5.02 Å². The minimum absolute atomic E-state index is 0.0369. The van der Waals surface area contributed by atoms with Crippen LogP contribution in [0.25, 0.3) is 6.08 Å². The highest BCUT2D eigenvalue weighted by molar-refractivity contribution is 6.32. The van der Waals surface area contributed by atoms with Crippen molar-refractivity contribution in [3.8, 4) is 11.5 Å². The van der Waals surface area contributed by atoms with Crippen LogP contribution in [0.4, 0.5) is 0 Å². The minimum atomic E-state index is -0.881. The highest BCUT2D eigenvalue weighted by atomic mass is 35.5. The van der Waals surface area contributed by atoms with Crippen LogP contribution in [0, 0.1) is 0 Å². The van der Waals surface area contributed by atoms with Crippen molar-refractivity contribution in [2.75, 3.05) is 6.79 Å².